The van der Waals surface area contributed by atoms with E-state index in [1.807, 2.05) is 24.3 Å². The number of hydrogen-bond donors (Lipinski definition) is 0. The highest BCUT2D eigenvalue weighted by atomic mass is 16.2. The first-order valence-electron chi connectivity index (χ1n) is 8.62. The van der Waals surface area contributed by atoms with E-state index in [4.69, 9.17) is 0 Å². The lowest BCUT2D eigenvalue weighted by atomic mass is 10.1. The van der Waals surface area contributed by atoms with E-state index in [2.05, 4.69) is 16.9 Å². The predicted molar refractivity (Wildman–Crippen MR) is 94.3 cm³/mol. The van der Waals surface area contributed by atoms with Crippen molar-refractivity contribution < 1.29 is 9.59 Å². The molecule has 0 spiro atoms. The third-order valence-electron chi connectivity index (χ3n) is 4.38. The average molecular weight is 338 g/mol. The first kappa shape index (κ1) is 17.1. The fourth-order valence-corrected chi connectivity index (χ4v) is 2.97. The Hall–Kier alpha value is -2.76. The molecule has 3 rings (SSSR count). The normalized spacial score (nSPS) is 14.4. The molecule has 0 unspecified atom stereocenters. The zero-order valence-corrected chi connectivity index (χ0v) is 14.4. The van der Waals surface area contributed by atoms with E-state index in [-0.39, 0.29) is 11.8 Å². The highest BCUT2D eigenvalue weighted by Crippen LogP contribution is 2.12. The number of benzene rings is 1. The fourth-order valence-electron chi connectivity index (χ4n) is 2.97. The number of nitrogens with zero attached hydrogens (tertiary/aromatic N) is 4. The van der Waals surface area contributed by atoms with Gasteiger partial charge in [-0.2, -0.15) is 0 Å². The van der Waals surface area contributed by atoms with Gasteiger partial charge in [0, 0.05) is 44.1 Å². The van der Waals surface area contributed by atoms with Crippen molar-refractivity contribution >= 4 is 11.8 Å². The quantitative estimate of drug-likeness (QED) is 0.855. The Morgan fingerprint density at radius 3 is 2.16 bits per heavy atom. The smallest absolute Gasteiger partial charge is 0.274 e. The third kappa shape index (κ3) is 4.02. The molecule has 0 saturated carbocycles. The van der Waals surface area contributed by atoms with Gasteiger partial charge in [-0.05, 0) is 24.1 Å². The van der Waals surface area contributed by atoms with Crippen LogP contribution in [0.3, 0.4) is 0 Å². The van der Waals surface area contributed by atoms with Gasteiger partial charge in [-0.15, -0.1) is 0 Å². The molecule has 6 heteroatoms. The number of hydrogen-bond acceptors (Lipinski definition) is 4. The lowest BCUT2D eigenvalue weighted by molar-refractivity contribution is 0.0532. The number of aromatic nitrogens is 2. The molecule has 25 heavy (non-hydrogen) atoms. The van der Waals surface area contributed by atoms with Crippen molar-refractivity contribution in [2.75, 3.05) is 26.2 Å². The number of rotatable bonds is 4. The summed E-state index contributed by atoms with van der Waals surface area (Å²) < 4.78 is 0. The second-order valence-corrected chi connectivity index (χ2v) is 6.12. The Kier molecular flexibility index (Phi) is 5.38. The molecule has 0 bridgehead atoms. The molecule has 1 aliphatic rings. The van der Waals surface area contributed by atoms with Gasteiger partial charge >= 0.3 is 0 Å². The van der Waals surface area contributed by atoms with Crippen LogP contribution < -0.4 is 0 Å². The van der Waals surface area contributed by atoms with Crippen molar-refractivity contribution in [2.24, 2.45) is 0 Å². The molecule has 1 aromatic carbocycles. The molecule has 1 saturated heterocycles. The summed E-state index contributed by atoms with van der Waals surface area (Å²) in [5, 5.41) is 0. The molecule has 2 amide bonds. The van der Waals surface area contributed by atoms with Gasteiger partial charge in [-0.3, -0.25) is 14.6 Å². The van der Waals surface area contributed by atoms with Crippen LogP contribution in [0.25, 0.3) is 0 Å². The van der Waals surface area contributed by atoms with Gasteiger partial charge < -0.3 is 9.80 Å². The molecule has 6 nitrogen and oxygen atoms in total. The summed E-state index contributed by atoms with van der Waals surface area (Å²) in [4.78, 5) is 36.5. The van der Waals surface area contributed by atoms with Gasteiger partial charge in [0.1, 0.15) is 5.69 Å². The summed E-state index contributed by atoms with van der Waals surface area (Å²) in [6, 6.07) is 7.82. The summed E-state index contributed by atoms with van der Waals surface area (Å²) in [5.74, 6) is -0.112. The van der Waals surface area contributed by atoms with E-state index in [1.54, 1.807) is 16.0 Å². The van der Waals surface area contributed by atoms with Crippen molar-refractivity contribution in [3.05, 3.63) is 59.7 Å². The second-order valence-electron chi connectivity index (χ2n) is 6.12. The fraction of sp³-hybridized carbons (Fsp3) is 0.368. The zero-order valence-electron chi connectivity index (χ0n) is 14.4. The van der Waals surface area contributed by atoms with Crippen molar-refractivity contribution in [3.63, 3.8) is 0 Å². The van der Waals surface area contributed by atoms with Gasteiger partial charge in [0.25, 0.3) is 11.8 Å². The monoisotopic (exact) mass is 338 g/mol. The van der Waals surface area contributed by atoms with Crippen LogP contribution in [-0.4, -0.2) is 57.8 Å². The van der Waals surface area contributed by atoms with Crippen molar-refractivity contribution in [1.29, 1.82) is 0 Å². The van der Waals surface area contributed by atoms with Crippen LogP contribution in [0.5, 0.6) is 0 Å². The molecule has 0 aliphatic carbocycles. The van der Waals surface area contributed by atoms with Crippen LogP contribution >= 0.6 is 0 Å². The van der Waals surface area contributed by atoms with Gasteiger partial charge in [0.2, 0.25) is 0 Å². The Balaban J connectivity index is 1.58. The molecule has 1 aliphatic heterocycles. The molecule has 0 atom stereocenters. The van der Waals surface area contributed by atoms with Gasteiger partial charge in [0.15, 0.2) is 0 Å². The maximum Gasteiger partial charge on any atom is 0.274 e. The maximum absolute atomic E-state index is 12.6. The summed E-state index contributed by atoms with van der Waals surface area (Å²) in [6.45, 7) is 4.22. The van der Waals surface area contributed by atoms with Crippen LogP contribution in [0, 0.1) is 0 Å². The van der Waals surface area contributed by atoms with E-state index < -0.39 is 0 Å². The first-order valence-corrected chi connectivity index (χ1v) is 8.62. The Labute approximate surface area is 147 Å². The third-order valence-corrected chi connectivity index (χ3v) is 4.38. The summed E-state index contributed by atoms with van der Waals surface area (Å²) in [5.41, 5.74) is 2.29. The highest BCUT2D eigenvalue weighted by molar-refractivity contribution is 5.95. The molecular weight excluding hydrogens is 316 g/mol. The van der Waals surface area contributed by atoms with Gasteiger partial charge in [-0.25, -0.2) is 4.98 Å². The lowest BCUT2D eigenvalue weighted by Crippen LogP contribution is -2.50. The first-order chi connectivity index (χ1) is 12.2. The SMILES string of the molecule is CCCc1ccc(C(=O)N2CCN(C(=O)c3cnccn3)CC2)cc1. The molecule has 0 N–H and O–H groups in total. The number of amides is 2. The molecule has 1 aromatic heterocycles. The number of carbonyl (C=O) groups is 2. The minimum atomic E-state index is -0.135. The van der Waals surface area contributed by atoms with Crippen molar-refractivity contribution in [3.8, 4) is 0 Å². The Morgan fingerprint density at radius 2 is 1.60 bits per heavy atom. The minimum absolute atomic E-state index is 0.0228. The van der Waals surface area contributed by atoms with Gasteiger partial charge in [0.05, 0.1) is 6.20 Å². The van der Waals surface area contributed by atoms with E-state index >= 15 is 0 Å². The van der Waals surface area contributed by atoms with Gasteiger partial charge in [-0.1, -0.05) is 25.5 Å². The van der Waals surface area contributed by atoms with Crippen LogP contribution in [0.15, 0.2) is 42.9 Å². The predicted octanol–water partition coefficient (Wildman–Crippen LogP) is 2.03. The summed E-state index contributed by atoms with van der Waals surface area (Å²) >= 11 is 0. The zero-order chi connectivity index (χ0) is 17.6. The van der Waals surface area contributed by atoms with E-state index in [0.29, 0.717) is 37.4 Å². The Bertz CT molecular complexity index is 723. The van der Waals surface area contributed by atoms with E-state index in [9.17, 15) is 9.59 Å². The van der Waals surface area contributed by atoms with Crippen molar-refractivity contribution in [2.45, 2.75) is 19.8 Å². The lowest BCUT2D eigenvalue weighted by Gasteiger charge is -2.34. The minimum Gasteiger partial charge on any atom is -0.335 e. The number of carbonyl (C=O) groups excluding carboxylic acids is 2. The van der Waals surface area contributed by atoms with Crippen molar-refractivity contribution in [1.82, 2.24) is 19.8 Å². The van der Waals surface area contributed by atoms with E-state index in [1.165, 1.54) is 18.0 Å². The van der Waals surface area contributed by atoms with E-state index in [0.717, 1.165) is 12.8 Å². The molecule has 1 fully saturated rings. The van der Waals surface area contributed by atoms with Crippen LogP contribution in [0.1, 0.15) is 39.8 Å². The largest absolute Gasteiger partial charge is 0.335 e. The number of piperazine rings is 1. The van der Waals surface area contributed by atoms with Crippen LogP contribution in [0.4, 0.5) is 0 Å². The Morgan fingerprint density at radius 1 is 0.960 bits per heavy atom. The molecular formula is C19H22N4O2. The second kappa shape index (κ2) is 7.88. The molecule has 2 heterocycles. The molecule has 2 aromatic rings. The topological polar surface area (TPSA) is 66.4 Å². The van der Waals surface area contributed by atoms with Crippen LogP contribution in [-0.2, 0) is 6.42 Å². The molecule has 130 valence electrons. The maximum atomic E-state index is 12.6. The summed E-state index contributed by atoms with van der Waals surface area (Å²) in [6.07, 6.45) is 6.64. The standard InChI is InChI=1S/C19H22N4O2/c1-2-3-15-4-6-16(7-5-15)18(24)22-10-12-23(13-11-22)19(25)17-14-20-8-9-21-17/h4-9,14H,2-3,10-13H2,1H3. The van der Waals surface area contributed by atoms with Crippen LogP contribution in [0.2, 0.25) is 0 Å². The molecule has 0 radical (unpaired) electrons. The number of aryl methyl sites for hydroxylation is 1. The summed E-state index contributed by atoms with van der Waals surface area (Å²) in [7, 11) is 0. The highest BCUT2D eigenvalue weighted by Gasteiger charge is 2.26. The average Bonchev–Trinajstić information content (AvgIpc) is 2.68.